The van der Waals surface area contributed by atoms with Crippen LogP contribution in [0.2, 0.25) is 0 Å². The van der Waals surface area contributed by atoms with Crippen molar-refractivity contribution in [1.82, 2.24) is 30.7 Å². The van der Waals surface area contributed by atoms with Crippen molar-refractivity contribution in [2.75, 3.05) is 19.6 Å². The van der Waals surface area contributed by atoms with Crippen molar-refractivity contribution in [3.05, 3.63) is 47.4 Å². The zero-order valence-corrected chi connectivity index (χ0v) is 28.1. The standard InChI is InChI=1S/C33H52N6O6/c1-10-14-34-29(43)24(40)18-35-28(42)23-17-22(16-21(2)3)19-39(23)30(44)27(33(7,8)9)37-31(45)36-25(32(4,5)6)20-38-15-12-11-13-26(38)41/h10-13,15,21-23,25,27H,1,14,16-20H2,2-9H3,(H,34,43)(H,35,42)(H2,36,37,45)/t22-,23+,25-,27-/m1/s1. The maximum absolute atomic E-state index is 14.2. The highest BCUT2D eigenvalue weighted by molar-refractivity contribution is 6.37. The average Bonchev–Trinajstić information content (AvgIpc) is 3.35. The minimum absolute atomic E-state index is 0.0418. The number of carbonyl (C=O) groups is 5. The monoisotopic (exact) mass is 628 g/mol. The third-order valence-corrected chi connectivity index (χ3v) is 7.88. The zero-order valence-electron chi connectivity index (χ0n) is 28.1. The van der Waals surface area contributed by atoms with Crippen molar-refractivity contribution in [3.8, 4) is 0 Å². The van der Waals surface area contributed by atoms with E-state index >= 15 is 0 Å². The number of hydrogen-bond acceptors (Lipinski definition) is 6. The fraction of sp³-hybridized carbons (Fsp3) is 0.636. The lowest BCUT2D eigenvalue weighted by molar-refractivity contribution is -0.142. The topological polar surface area (TPSA) is 159 Å². The molecule has 1 saturated heterocycles. The summed E-state index contributed by atoms with van der Waals surface area (Å²) in [6.45, 7) is 19.2. The number of likely N-dealkylation sites (tertiary alicyclic amines) is 1. The molecule has 0 saturated carbocycles. The highest BCUT2D eigenvalue weighted by Gasteiger charge is 2.45. The van der Waals surface area contributed by atoms with E-state index in [2.05, 4.69) is 41.7 Å². The largest absolute Gasteiger partial charge is 0.347 e. The second-order valence-corrected chi connectivity index (χ2v) is 14.4. The molecule has 12 heteroatoms. The van der Waals surface area contributed by atoms with E-state index in [0.717, 1.165) is 6.42 Å². The Labute approximate surface area is 266 Å². The number of nitrogens with one attached hydrogen (secondary N) is 4. The number of urea groups is 1. The van der Waals surface area contributed by atoms with Crippen molar-refractivity contribution < 1.29 is 24.0 Å². The molecule has 2 rings (SSSR count). The predicted octanol–water partition coefficient (Wildman–Crippen LogP) is 2.23. The van der Waals surface area contributed by atoms with Crippen LogP contribution in [0.1, 0.15) is 68.2 Å². The fourth-order valence-corrected chi connectivity index (χ4v) is 5.37. The van der Waals surface area contributed by atoms with E-state index in [0.29, 0.717) is 18.9 Å². The van der Waals surface area contributed by atoms with Gasteiger partial charge in [0.25, 0.3) is 11.5 Å². The van der Waals surface area contributed by atoms with Crippen molar-refractivity contribution in [1.29, 1.82) is 0 Å². The quantitative estimate of drug-likeness (QED) is 0.194. The van der Waals surface area contributed by atoms with E-state index in [1.54, 1.807) is 18.3 Å². The van der Waals surface area contributed by atoms with Crippen molar-refractivity contribution in [2.45, 2.75) is 92.9 Å². The van der Waals surface area contributed by atoms with Gasteiger partial charge in [0.05, 0.1) is 12.6 Å². The summed E-state index contributed by atoms with van der Waals surface area (Å²) >= 11 is 0. The molecule has 0 unspecified atom stereocenters. The van der Waals surface area contributed by atoms with Gasteiger partial charge in [-0.15, -0.1) is 6.58 Å². The number of amides is 5. The minimum Gasteiger partial charge on any atom is -0.347 e. The van der Waals surface area contributed by atoms with Crippen LogP contribution in [0.15, 0.2) is 41.8 Å². The maximum Gasteiger partial charge on any atom is 0.315 e. The summed E-state index contributed by atoms with van der Waals surface area (Å²) in [5.74, 6) is -2.21. The van der Waals surface area contributed by atoms with Crippen LogP contribution in [-0.4, -0.2) is 76.8 Å². The van der Waals surface area contributed by atoms with Crippen molar-refractivity contribution in [3.63, 3.8) is 0 Å². The molecule has 2 heterocycles. The summed E-state index contributed by atoms with van der Waals surface area (Å²) < 4.78 is 1.53. The lowest BCUT2D eigenvalue weighted by Crippen LogP contribution is -2.61. The van der Waals surface area contributed by atoms with Gasteiger partial charge in [-0.1, -0.05) is 67.5 Å². The molecule has 1 aliphatic rings. The fourth-order valence-electron chi connectivity index (χ4n) is 5.37. The van der Waals surface area contributed by atoms with Gasteiger partial charge in [0.1, 0.15) is 12.1 Å². The molecule has 4 atom stereocenters. The van der Waals surface area contributed by atoms with Crippen LogP contribution in [0.25, 0.3) is 0 Å². The first-order valence-corrected chi connectivity index (χ1v) is 15.6. The lowest BCUT2D eigenvalue weighted by Gasteiger charge is -2.37. The molecule has 0 aliphatic carbocycles. The van der Waals surface area contributed by atoms with E-state index < -0.39 is 65.0 Å². The molecule has 1 aliphatic heterocycles. The van der Waals surface area contributed by atoms with Crippen molar-refractivity contribution >= 4 is 29.5 Å². The Morgan fingerprint density at radius 1 is 1.00 bits per heavy atom. The Balaban J connectivity index is 2.26. The number of aromatic nitrogens is 1. The molecule has 12 nitrogen and oxygen atoms in total. The third kappa shape index (κ3) is 11.2. The molecule has 1 aromatic rings. The minimum atomic E-state index is -0.989. The Morgan fingerprint density at radius 2 is 1.67 bits per heavy atom. The number of rotatable bonds is 13. The van der Waals surface area contributed by atoms with Crippen LogP contribution in [0.4, 0.5) is 4.79 Å². The van der Waals surface area contributed by atoms with Gasteiger partial charge in [-0.05, 0) is 41.6 Å². The van der Waals surface area contributed by atoms with Crippen LogP contribution in [0.5, 0.6) is 0 Å². The van der Waals surface area contributed by atoms with Gasteiger partial charge >= 0.3 is 6.03 Å². The number of Topliss-reactive ketones (excluding diaryl/α,β-unsaturated/α-hetero) is 1. The summed E-state index contributed by atoms with van der Waals surface area (Å²) in [5, 5.41) is 10.7. The molecule has 250 valence electrons. The Kier molecular flexibility index (Phi) is 13.1. The number of ketones is 1. The molecule has 1 aromatic heterocycles. The highest BCUT2D eigenvalue weighted by Crippen LogP contribution is 2.32. The molecule has 45 heavy (non-hydrogen) atoms. The summed E-state index contributed by atoms with van der Waals surface area (Å²) in [6, 6.07) is 1.98. The highest BCUT2D eigenvalue weighted by atomic mass is 16.2. The smallest absolute Gasteiger partial charge is 0.315 e. The molecule has 0 radical (unpaired) electrons. The first-order chi connectivity index (χ1) is 20.8. The first-order valence-electron chi connectivity index (χ1n) is 15.6. The van der Waals surface area contributed by atoms with E-state index in [4.69, 9.17) is 0 Å². The Bertz CT molecular complexity index is 1290. The van der Waals surface area contributed by atoms with Crippen LogP contribution < -0.4 is 26.8 Å². The molecule has 0 spiro atoms. The summed E-state index contributed by atoms with van der Waals surface area (Å²) in [5.41, 5.74) is -1.33. The molecule has 5 amide bonds. The number of pyridine rings is 1. The van der Waals surface area contributed by atoms with Gasteiger partial charge < -0.3 is 30.7 Å². The normalized spacial score (nSPS) is 18.1. The van der Waals surface area contributed by atoms with E-state index in [1.165, 1.54) is 21.6 Å². The summed E-state index contributed by atoms with van der Waals surface area (Å²) in [6.07, 6.45) is 4.29. The summed E-state index contributed by atoms with van der Waals surface area (Å²) in [4.78, 5) is 79.0. The van der Waals surface area contributed by atoms with Gasteiger partial charge in [-0.2, -0.15) is 0 Å². The second-order valence-electron chi connectivity index (χ2n) is 14.4. The zero-order chi connectivity index (χ0) is 34.1. The number of nitrogens with zero attached hydrogens (tertiary/aromatic N) is 2. The Hall–Kier alpha value is -3.96. The van der Waals surface area contributed by atoms with E-state index in [-0.39, 0.29) is 24.6 Å². The SMILES string of the molecule is C=CCNC(=O)C(=O)CNC(=O)[C@@H]1C[C@@H](CC(C)C)CN1C(=O)[C@@H](NC(=O)N[C@H](Cn1ccccc1=O)C(C)(C)C)C(C)(C)C. The molecular weight excluding hydrogens is 576 g/mol. The van der Waals surface area contributed by atoms with Gasteiger partial charge in [-0.25, -0.2) is 4.79 Å². The molecular formula is C33H52N6O6. The van der Waals surface area contributed by atoms with Crippen LogP contribution >= 0.6 is 0 Å². The van der Waals surface area contributed by atoms with Crippen molar-refractivity contribution in [2.24, 2.45) is 22.7 Å². The van der Waals surface area contributed by atoms with Gasteiger partial charge in [0, 0.05) is 31.9 Å². The summed E-state index contributed by atoms with van der Waals surface area (Å²) in [7, 11) is 0. The second kappa shape index (κ2) is 15.9. The first kappa shape index (κ1) is 37.2. The van der Waals surface area contributed by atoms with Crippen LogP contribution in [0.3, 0.4) is 0 Å². The molecule has 0 aromatic carbocycles. The van der Waals surface area contributed by atoms with E-state index in [9.17, 15) is 28.8 Å². The predicted molar refractivity (Wildman–Crippen MR) is 173 cm³/mol. The van der Waals surface area contributed by atoms with Crippen LogP contribution in [-0.2, 0) is 25.7 Å². The third-order valence-electron chi connectivity index (χ3n) is 7.88. The average molecular weight is 629 g/mol. The maximum atomic E-state index is 14.2. The van der Waals surface area contributed by atoms with E-state index in [1.807, 2.05) is 41.5 Å². The Morgan fingerprint density at radius 3 is 2.22 bits per heavy atom. The van der Waals surface area contributed by atoms with Crippen LogP contribution in [0, 0.1) is 22.7 Å². The van der Waals surface area contributed by atoms with Gasteiger partial charge in [-0.3, -0.25) is 24.0 Å². The number of carbonyl (C=O) groups excluding carboxylic acids is 5. The molecule has 4 N–H and O–H groups in total. The lowest BCUT2D eigenvalue weighted by atomic mass is 9.85. The molecule has 1 fully saturated rings. The van der Waals surface area contributed by atoms with Gasteiger partial charge in [0.2, 0.25) is 17.6 Å². The number of hydrogen-bond donors (Lipinski definition) is 4. The van der Waals surface area contributed by atoms with Gasteiger partial charge in [0.15, 0.2) is 0 Å². The molecule has 0 bridgehead atoms.